The van der Waals surface area contributed by atoms with Gasteiger partial charge in [0.2, 0.25) is 26.0 Å². The van der Waals surface area contributed by atoms with Gasteiger partial charge in [0.1, 0.15) is 0 Å². The Labute approximate surface area is 174 Å². The highest BCUT2D eigenvalue weighted by Crippen LogP contribution is 2.36. The van der Waals surface area contributed by atoms with Gasteiger partial charge in [-0.15, -0.1) is 11.8 Å². The number of hydrogen-bond acceptors (Lipinski definition) is 6. The molecule has 156 valence electrons. The first-order valence-electron chi connectivity index (χ1n) is 8.76. The standard InChI is InChI=1S/C18H21N3O5S3/c1-12-10-18(22)21-16-11-15(6-7-17(16)27-12)29(25,26)20-9-8-13-2-4-14(5-3-13)28(19,23)24/h2-7,11-12,20H,8-10H2,1H3,(H,21,22)(H2,19,23,24)/t12-/m1/s1. The summed E-state index contributed by atoms with van der Waals surface area (Å²) in [6, 6.07) is 10.6. The van der Waals surface area contributed by atoms with Crippen molar-refractivity contribution in [1.82, 2.24) is 4.72 Å². The van der Waals surface area contributed by atoms with E-state index in [2.05, 4.69) is 10.0 Å². The van der Waals surface area contributed by atoms with E-state index in [9.17, 15) is 21.6 Å². The van der Waals surface area contributed by atoms with E-state index in [1.807, 2.05) is 6.92 Å². The third kappa shape index (κ3) is 5.58. The molecule has 2 aromatic carbocycles. The molecule has 0 radical (unpaired) electrons. The van der Waals surface area contributed by atoms with Crippen LogP contribution >= 0.6 is 11.8 Å². The number of fused-ring (bicyclic) bond motifs is 1. The van der Waals surface area contributed by atoms with E-state index >= 15 is 0 Å². The summed E-state index contributed by atoms with van der Waals surface area (Å²) in [4.78, 5) is 12.8. The molecule has 0 spiro atoms. The van der Waals surface area contributed by atoms with Crippen LogP contribution in [0.2, 0.25) is 0 Å². The normalized spacial score (nSPS) is 17.3. The fraction of sp³-hybridized carbons (Fsp3) is 0.278. The van der Waals surface area contributed by atoms with Crippen LogP contribution in [0.5, 0.6) is 0 Å². The van der Waals surface area contributed by atoms with Gasteiger partial charge in [-0.2, -0.15) is 0 Å². The third-order valence-corrected chi connectivity index (χ3v) is 7.86. The van der Waals surface area contributed by atoms with Gasteiger partial charge in [0.05, 0.1) is 15.5 Å². The first kappa shape index (κ1) is 21.8. The number of nitrogens with one attached hydrogen (secondary N) is 2. The van der Waals surface area contributed by atoms with E-state index in [-0.39, 0.29) is 27.5 Å². The number of rotatable bonds is 6. The topological polar surface area (TPSA) is 135 Å². The van der Waals surface area contributed by atoms with Gasteiger partial charge >= 0.3 is 0 Å². The molecule has 0 fully saturated rings. The molecule has 4 N–H and O–H groups in total. The van der Waals surface area contributed by atoms with Crippen LogP contribution in [-0.4, -0.2) is 34.5 Å². The van der Waals surface area contributed by atoms with E-state index in [4.69, 9.17) is 5.14 Å². The lowest BCUT2D eigenvalue weighted by Gasteiger charge is -2.11. The van der Waals surface area contributed by atoms with Gasteiger partial charge in [0.25, 0.3) is 0 Å². The maximum Gasteiger partial charge on any atom is 0.240 e. The van der Waals surface area contributed by atoms with Crippen LogP contribution in [0.1, 0.15) is 18.9 Å². The average molecular weight is 456 g/mol. The summed E-state index contributed by atoms with van der Waals surface area (Å²) < 4.78 is 50.3. The number of anilines is 1. The molecule has 0 saturated heterocycles. The lowest BCUT2D eigenvalue weighted by Crippen LogP contribution is -2.26. The second-order valence-electron chi connectivity index (χ2n) is 6.68. The van der Waals surface area contributed by atoms with Crippen molar-refractivity contribution in [1.29, 1.82) is 0 Å². The fourth-order valence-electron chi connectivity index (χ4n) is 2.86. The molecule has 0 aliphatic carbocycles. The molecule has 2 aromatic rings. The summed E-state index contributed by atoms with van der Waals surface area (Å²) in [5.74, 6) is -0.144. The Hall–Kier alpha value is -1.92. The van der Waals surface area contributed by atoms with Crippen LogP contribution in [0.15, 0.2) is 57.2 Å². The molecule has 3 rings (SSSR count). The number of benzene rings is 2. The van der Waals surface area contributed by atoms with Crippen molar-refractivity contribution >= 4 is 43.4 Å². The zero-order valence-corrected chi connectivity index (χ0v) is 18.0. The van der Waals surface area contributed by atoms with E-state index in [1.54, 1.807) is 18.2 Å². The SMILES string of the molecule is C[C@@H]1CC(=O)Nc2cc(S(=O)(=O)NCCc3ccc(S(N)(=O)=O)cc3)ccc2S1. The van der Waals surface area contributed by atoms with Gasteiger partial charge in [0.15, 0.2) is 0 Å². The van der Waals surface area contributed by atoms with E-state index in [1.165, 1.54) is 36.0 Å². The molecule has 0 saturated carbocycles. The summed E-state index contributed by atoms with van der Waals surface area (Å²) in [6.45, 7) is 2.08. The number of nitrogens with two attached hydrogens (primary N) is 1. The van der Waals surface area contributed by atoms with Gasteiger partial charge in [0, 0.05) is 23.1 Å². The van der Waals surface area contributed by atoms with Crippen molar-refractivity contribution in [3.63, 3.8) is 0 Å². The fourth-order valence-corrected chi connectivity index (χ4v) is 5.48. The number of sulfonamides is 2. The molecule has 11 heteroatoms. The Kier molecular flexibility index (Phi) is 6.34. The average Bonchev–Trinajstić information content (AvgIpc) is 2.76. The molecule has 0 bridgehead atoms. The number of hydrogen-bond donors (Lipinski definition) is 3. The Bertz CT molecular complexity index is 1130. The maximum atomic E-state index is 12.6. The van der Waals surface area contributed by atoms with Gasteiger partial charge in [-0.1, -0.05) is 19.1 Å². The Morgan fingerprint density at radius 3 is 2.41 bits per heavy atom. The van der Waals surface area contributed by atoms with E-state index < -0.39 is 20.0 Å². The van der Waals surface area contributed by atoms with Crippen molar-refractivity contribution in [2.45, 2.75) is 39.7 Å². The molecule has 0 aromatic heterocycles. The highest BCUT2D eigenvalue weighted by Gasteiger charge is 2.22. The Morgan fingerprint density at radius 1 is 1.10 bits per heavy atom. The lowest BCUT2D eigenvalue weighted by molar-refractivity contribution is -0.116. The van der Waals surface area contributed by atoms with Crippen LogP contribution in [-0.2, 0) is 31.3 Å². The summed E-state index contributed by atoms with van der Waals surface area (Å²) in [5.41, 5.74) is 1.26. The smallest absolute Gasteiger partial charge is 0.240 e. The highest BCUT2D eigenvalue weighted by molar-refractivity contribution is 8.00. The summed E-state index contributed by atoms with van der Waals surface area (Å²) in [6.07, 6.45) is 0.739. The van der Waals surface area contributed by atoms with Crippen molar-refractivity contribution in [2.24, 2.45) is 5.14 Å². The summed E-state index contributed by atoms with van der Waals surface area (Å²) in [5, 5.41) is 7.92. The van der Waals surface area contributed by atoms with Gasteiger partial charge in [-0.25, -0.2) is 26.7 Å². The second-order valence-corrected chi connectivity index (χ2v) is 11.5. The van der Waals surface area contributed by atoms with Crippen molar-refractivity contribution in [3.8, 4) is 0 Å². The van der Waals surface area contributed by atoms with Gasteiger partial charge in [-0.05, 0) is 42.3 Å². The molecule has 8 nitrogen and oxygen atoms in total. The van der Waals surface area contributed by atoms with Crippen molar-refractivity contribution in [2.75, 3.05) is 11.9 Å². The minimum absolute atomic E-state index is 0.000966. The zero-order chi connectivity index (χ0) is 21.2. The Balaban J connectivity index is 1.68. The van der Waals surface area contributed by atoms with Crippen LogP contribution in [0.25, 0.3) is 0 Å². The maximum absolute atomic E-state index is 12.6. The number of carbonyl (C=O) groups excluding carboxylic acids is 1. The molecule has 1 atom stereocenters. The molecule has 0 unspecified atom stereocenters. The van der Waals surface area contributed by atoms with Crippen LogP contribution in [0.4, 0.5) is 5.69 Å². The van der Waals surface area contributed by atoms with E-state index in [0.717, 1.165) is 10.5 Å². The van der Waals surface area contributed by atoms with Crippen LogP contribution < -0.4 is 15.2 Å². The monoisotopic (exact) mass is 455 g/mol. The number of primary sulfonamides is 1. The quantitative estimate of drug-likeness (QED) is 0.606. The minimum Gasteiger partial charge on any atom is -0.325 e. The minimum atomic E-state index is -3.76. The number of thioether (sulfide) groups is 1. The molecule has 1 amide bonds. The number of carbonyl (C=O) groups is 1. The molecule has 1 aliphatic rings. The molecule has 1 aliphatic heterocycles. The van der Waals surface area contributed by atoms with Crippen LogP contribution in [0, 0.1) is 0 Å². The lowest BCUT2D eigenvalue weighted by atomic mass is 10.2. The van der Waals surface area contributed by atoms with Gasteiger partial charge < -0.3 is 5.32 Å². The molecular weight excluding hydrogens is 434 g/mol. The van der Waals surface area contributed by atoms with E-state index in [0.29, 0.717) is 18.5 Å². The van der Waals surface area contributed by atoms with Crippen molar-refractivity contribution < 1.29 is 21.6 Å². The van der Waals surface area contributed by atoms with Crippen molar-refractivity contribution in [3.05, 3.63) is 48.0 Å². The molecular formula is C18H21N3O5S3. The largest absolute Gasteiger partial charge is 0.325 e. The Morgan fingerprint density at radius 2 is 1.76 bits per heavy atom. The first-order chi connectivity index (χ1) is 13.5. The summed E-state index contributed by atoms with van der Waals surface area (Å²) in [7, 11) is -7.52. The summed E-state index contributed by atoms with van der Waals surface area (Å²) >= 11 is 1.52. The van der Waals surface area contributed by atoms with Crippen LogP contribution in [0.3, 0.4) is 0 Å². The predicted molar refractivity (Wildman–Crippen MR) is 112 cm³/mol. The second kappa shape index (κ2) is 8.44. The predicted octanol–water partition coefficient (Wildman–Crippen LogP) is 1.68. The number of amides is 1. The molecule has 1 heterocycles. The highest BCUT2D eigenvalue weighted by atomic mass is 32.2. The first-order valence-corrected chi connectivity index (χ1v) is 12.7. The zero-order valence-electron chi connectivity index (χ0n) is 15.6. The van der Waals surface area contributed by atoms with Gasteiger partial charge in [-0.3, -0.25) is 4.79 Å². The third-order valence-electron chi connectivity index (χ3n) is 4.29. The molecule has 29 heavy (non-hydrogen) atoms.